The monoisotopic (exact) mass is 426 g/mol. The van der Waals surface area contributed by atoms with Crippen molar-refractivity contribution in [1.82, 2.24) is 4.90 Å². The molecule has 30 heavy (non-hydrogen) atoms. The number of nitrogens with zero attached hydrogens (tertiary/aromatic N) is 2. The Hall–Kier alpha value is -2.83. The number of carbonyl (C=O) groups excluding carboxylic acids is 2. The van der Waals surface area contributed by atoms with E-state index >= 15 is 0 Å². The summed E-state index contributed by atoms with van der Waals surface area (Å²) in [6.45, 7) is 6.09. The first-order valence-electron chi connectivity index (χ1n) is 9.79. The zero-order valence-corrected chi connectivity index (χ0v) is 18.0. The predicted octanol–water partition coefficient (Wildman–Crippen LogP) is 3.58. The molecule has 7 heteroatoms. The molecule has 0 aromatic heterocycles. The van der Waals surface area contributed by atoms with Crippen molar-refractivity contribution in [1.29, 1.82) is 0 Å². The van der Waals surface area contributed by atoms with E-state index in [0.29, 0.717) is 54.0 Å². The lowest BCUT2D eigenvalue weighted by molar-refractivity contribution is -0.121. The van der Waals surface area contributed by atoms with E-state index in [1.54, 1.807) is 18.2 Å². The second-order valence-electron chi connectivity index (χ2n) is 7.41. The van der Waals surface area contributed by atoms with Gasteiger partial charge in [0.05, 0.1) is 36.6 Å². The van der Waals surface area contributed by atoms with E-state index in [1.807, 2.05) is 36.9 Å². The Morgan fingerprint density at radius 2 is 1.73 bits per heavy atom. The topological polar surface area (TPSA) is 59.1 Å². The van der Waals surface area contributed by atoms with Crippen molar-refractivity contribution >= 4 is 34.7 Å². The highest BCUT2D eigenvalue weighted by atomic mass is 35.5. The van der Waals surface area contributed by atoms with Gasteiger partial charge in [0, 0.05) is 13.1 Å². The molecule has 1 saturated heterocycles. The van der Waals surface area contributed by atoms with Gasteiger partial charge in [0.1, 0.15) is 11.4 Å². The third-order valence-electron chi connectivity index (χ3n) is 5.43. The van der Waals surface area contributed by atoms with Gasteiger partial charge in [0.15, 0.2) is 0 Å². The average molecular weight is 427 g/mol. The first kappa shape index (κ1) is 20.4. The highest BCUT2D eigenvalue weighted by Gasteiger charge is 2.43. The fourth-order valence-corrected chi connectivity index (χ4v) is 4.22. The fraction of sp³-hybridized carbons (Fsp3) is 0.304. The number of morpholine rings is 1. The van der Waals surface area contributed by atoms with E-state index in [9.17, 15) is 9.59 Å². The van der Waals surface area contributed by atoms with Gasteiger partial charge in [-0.1, -0.05) is 35.4 Å². The van der Waals surface area contributed by atoms with Gasteiger partial charge in [-0.2, -0.15) is 0 Å². The van der Waals surface area contributed by atoms with Gasteiger partial charge < -0.3 is 14.4 Å². The summed E-state index contributed by atoms with van der Waals surface area (Å²) < 4.78 is 10.6. The number of hydrogen-bond donors (Lipinski definition) is 0. The minimum absolute atomic E-state index is 0.337. The number of carbonyl (C=O) groups is 2. The van der Waals surface area contributed by atoms with Crippen molar-refractivity contribution in [3.8, 4) is 5.75 Å². The molecule has 2 aliphatic heterocycles. The van der Waals surface area contributed by atoms with Crippen molar-refractivity contribution in [3.63, 3.8) is 0 Å². The van der Waals surface area contributed by atoms with E-state index in [0.717, 1.165) is 16.7 Å². The molecule has 6 nitrogen and oxygen atoms in total. The zero-order chi connectivity index (χ0) is 21.4. The summed E-state index contributed by atoms with van der Waals surface area (Å²) in [4.78, 5) is 30.3. The van der Waals surface area contributed by atoms with Crippen LogP contribution in [0, 0.1) is 13.8 Å². The molecule has 2 heterocycles. The number of amides is 2. The standard InChI is InChI=1S/C23H23ClN2O4/c1-14-4-6-17(15(2)12-14)20-21(25-8-10-30-11-9-25)23(28)26(22(20)27)16-5-7-19(29-3)18(24)13-16/h4-7,12-13H,8-11H2,1-3H3. The van der Waals surface area contributed by atoms with Crippen molar-refractivity contribution < 1.29 is 19.1 Å². The summed E-state index contributed by atoms with van der Waals surface area (Å²) in [5.74, 6) is -0.219. The highest BCUT2D eigenvalue weighted by Crippen LogP contribution is 2.38. The lowest BCUT2D eigenvalue weighted by Gasteiger charge is -2.29. The lowest BCUT2D eigenvalue weighted by atomic mass is 9.97. The maximum atomic E-state index is 13.6. The fourth-order valence-electron chi connectivity index (χ4n) is 3.96. The molecule has 0 aliphatic carbocycles. The molecule has 2 aromatic carbocycles. The van der Waals surface area contributed by atoms with Gasteiger partial charge in [0.2, 0.25) is 0 Å². The number of aryl methyl sites for hydroxylation is 2. The molecule has 0 atom stereocenters. The molecule has 4 rings (SSSR count). The van der Waals surface area contributed by atoms with E-state index in [4.69, 9.17) is 21.1 Å². The summed E-state index contributed by atoms with van der Waals surface area (Å²) in [5, 5.41) is 0.337. The van der Waals surface area contributed by atoms with Gasteiger partial charge in [-0.15, -0.1) is 0 Å². The van der Waals surface area contributed by atoms with Crippen LogP contribution in [0.5, 0.6) is 5.75 Å². The molecule has 0 saturated carbocycles. The number of ether oxygens (including phenoxy) is 2. The van der Waals surface area contributed by atoms with Gasteiger partial charge in [-0.3, -0.25) is 9.59 Å². The summed E-state index contributed by atoms with van der Waals surface area (Å²) in [5.41, 5.74) is 4.07. The minimum atomic E-state index is -0.352. The normalized spacial score (nSPS) is 17.2. The lowest BCUT2D eigenvalue weighted by Crippen LogP contribution is -2.40. The maximum absolute atomic E-state index is 13.6. The number of anilines is 1. The maximum Gasteiger partial charge on any atom is 0.282 e. The van der Waals surface area contributed by atoms with Crippen molar-refractivity contribution in [3.05, 3.63) is 63.8 Å². The summed E-state index contributed by atoms with van der Waals surface area (Å²) >= 11 is 6.27. The Morgan fingerprint density at radius 1 is 1.00 bits per heavy atom. The number of benzene rings is 2. The van der Waals surface area contributed by atoms with Crippen LogP contribution in [0.15, 0.2) is 42.1 Å². The number of methoxy groups -OCH3 is 1. The molecule has 0 N–H and O–H groups in total. The Labute approximate surface area is 180 Å². The minimum Gasteiger partial charge on any atom is -0.495 e. The smallest absolute Gasteiger partial charge is 0.282 e. The number of imide groups is 1. The number of halogens is 1. The average Bonchev–Trinajstić information content (AvgIpc) is 2.98. The summed E-state index contributed by atoms with van der Waals surface area (Å²) in [7, 11) is 1.52. The van der Waals surface area contributed by atoms with Crippen LogP contribution in [0.3, 0.4) is 0 Å². The van der Waals surface area contributed by atoms with Crippen LogP contribution in [-0.4, -0.2) is 50.1 Å². The van der Waals surface area contributed by atoms with E-state index in [-0.39, 0.29) is 11.8 Å². The third-order valence-corrected chi connectivity index (χ3v) is 5.73. The SMILES string of the molecule is COc1ccc(N2C(=O)C(c3ccc(C)cc3C)=C(N3CCOCC3)C2=O)cc1Cl. The van der Waals surface area contributed by atoms with Crippen molar-refractivity contribution in [2.24, 2.45) is 0 Å². The quantitative estimate of drug-likeness (QED) is 0.699. The van der Waals surface area contributed by atoms with Gasteiger partial charge in [-0.05, 0) is 43.2 Å². The van der Waals surface area contributed by atoms with Crippen molar-refractivity contribution in [2.75, 3.05) is 38.3 Å². The molecule has 1 fully saturated rings. The van der Waals surface area contributed by atoms with Crippen LogP contribution >= 0.6 is 11.6 Å². The van der Waals surface area contributed by atoms with Gasteiger partial charge in [0.25, 0.3) is 11.8 Å². The molecule has 2 amide bonds. The van der Waals surface area contributed by atoms with E-state index in [1.165, 1.54) is 12.0 Å². The van der Waals surface area contributed by atoms with E-state index < -0.39 is 0 Å². The number of hydrogen-bond acceptors (Lipinski definition) is 5. The molecule has 2 aliphatic rings. The van der Waals surface area contributed by atoms with Crippen LogP contribution in [0.2, 0.25) is 5.02 Å². The predicted molar refractivity (Wildman–Crippen MR) is 116 cm³/mol. The van der Waals surface area contributed by atoms with Crippen molar-refractivity contribution in [2.45, 2.75) is 13.8 Å². The molecule has 0 unspecified atom stereocenters. The zero-order valence-electron chi connectivity index (χ0n) is 17.2. The Bertz CT molecular complexity index is 1060. The molecule has 0 bridgehead atoms. The van der Waals surface area contributed by atoms with Crippen LogP contribution in [-0.2, 0) is 14.3 Å². The highest BCUT2D eigenvalue weighted by molar-refractivity contribution is 6.45. The molecular formula is C23H23ClN2O4. The first-order chi connectivity index (χ1) is 14.4. The van der Waals surface area contributed by atoms with Gasteiger partial charge in [-0.25, -0.2) is 4.90 Å². The molecular weight excluding hydrogens is 404 g/mol. The van der Waals surface area contributed by atoms with Gasteiger partial charge >= 0.3 is 0 Å². The van der Waals surface area contributed by atoms with E-state index in [2.05, 4.69) is 0 Å². The number of rotatable bonds is 4. The largest absolute Gasteiger partial charge is 0.495 e. The first-order valence-corrected chi connectivity index (χ1v) is 10.2. The molecule has 2 aromatic rings. The summed E-state index contributed by atoms with van der Waals surface area (Å²) in [6.07, 6.45) is 0. The van der Waals surface area contributed by atoms with Crippen LogP contribution in [0.1, 0.15) is 16.7 Å². The molecule has 0 radical (unpaired) electrons. The molecule has 0 spiro atoms. The Kier molecular flexibility index (Phi) is 5.54. The Morgan fingerprint density at radius 3 is 2.37 bits per heavy atom. The summed E-state index contributed by atoms with van der Waals surface area (Å²) in [6, 6.07) is 10.8. The third kappa shape index (κ3) is 3.46. The van der Waals surface area contributed by atoms with Crippen LogP contribution in [0.4, 0.5) is 5.69 Å². The second kappa shape index (κ2) is 8.13. The second-order valence-corrected chi connectivity index (χ2v) is 7.81. The van der Waals surface area contributed by atoms with Crippen LogP contribution < -0.4 is 9.64 Å². The van der Waals surface area contributed by atoms with Crippen LogP contribution in [0.25, 0.3) is 5.57 Å². The Balaban J connectivity index is 1.84. The molecule has 156 valence electrons.